The third-order valence-electron chi connectivity index (χ3n) is 3.27. The van der Waals surface area contributed by atoms with E-state index in [9.17, 15) is 4.79 Å². The number of carbonyl (C=O) groups is 1. The molecule has 0 aliphatic carbocycles. The van der Waals surface area contributed by atoms with Gasteiger partial charge in [0.25, 0.3) is 5.91 Å². The molecule has 0 N–H and O–H groups in total. The fourth-order valence-corrected chi connectivity index (χ4v) is 1.97. The van der Waals surface area contributed by atoms with Gasteiger partial charge in [-0.1, -0.05) is 32.0 Å². The summed E-state index contributed by atoms with van der Waals surface area (Å²) < 4.78 is 0. The van der Waals surface area contributed by atoms with E-state index in [0.29, 0.717) is 0 Å². The van der Waals surface area contributed by atoms with Crippen molar-refractivity contribution in [3.8, 4) is 0 Å². The Morgan fingerprint density at radius 2 is 1.56 bits per heavy atom. The SMILES string of the molecule is CCN(CC)CCN(CC)C(=O)c1ccccc1. The van der Waals surface area contributed by atoms with Gasteiger partial charge in [0.2, 0.25) is 0 Å². The molecule has 1 amide bonds. The van der Waals surface area contributed by atoms with E-state index in [2.05, 4.69) is 18.7 Å². The Morgan fingerprint density at radius 3 is 2.06 bits per heavy atom. The van der Waals surface area contributed by atoms with Gasteiger partial charge in [-0.05, 0) is 32.1 Å². The molecule has 0 unspecified atom stereocenters. The molecule has 1 aromatic carbocycles. The molecule has 0 aliphatic heterocycles. The minimum absolute atomic E-state index is 0.130. The molecule has 18 heavy (non-hydrogen) atoms. The second-order valence-corrected chi connectivity index (χ2v) is 4.28. The Hall–Kier alpha value is -1.35. The molecule has 0 bridgehead atoms. The summed E-state index contributed by atoms with van der Waals surface area (Å²) in [6.07, 6.45) is 0. The van der Waals surface area contributed by atoms with Crippen molar-refractivity contribution >= 4 is 5.91 Å². The molecule has 3 heteroatoms. The van der Waals surface area contributed by atoms with Crippen molar-refractivity contribution in [2.45, 2.75) is 20.8 Å². The Balaban J connectivity index is 2.58. The summed E-state index contributed by atoms with van der Waals surface area (Å²) in [5, 5.41) is 0. The van der Waals surface area contributed by atoms with E-state index in [1.165, 1.54) is 0 Å². The lowest BCUT2D eigenvalue weighted by Gasteiger charge is -2.25. The number of benzene rings is 1. The summed E-state index contributed by atoms with van der Waals surface area (Å²) in [6, 6.07) is 9.50. The second-order valence-electron chi connectivity index (χ2n) is 4.28. The molecule has 0 saturated heterocycles. The van der Waals surface area contributed by atoms with Gasteiger partial charge in [0.1, 0.15) is 0 Å². The highest BCUT2D eigenvalue weighted by molar-refractivity contribution is 5.94. The average Bonchev–Trinajstić information content (AvgIpc) is 2.44. The van der Waals surface area contributed by atoms with Crippen LogP contribution in [0.3, 0.4) is 0 Å². The highest BCUT2D eigenvalue weighted by Crippen LogP contribution is 2.04. The summed E-state index contributed by atoms with van der Waals surface area (Å²) in [5.74, 6) is 0.130. The van der Waals surface area contributed by atoms with Gasteiger partial charge in [-0.3, -0.25) is 4.79 Å². The Bertz CT molecular complexity index is 347. The lowest BCUT2D eigenvalue weighted by Crippen LogP contribution is -2.38. The quantitative estimate of drug-likeness (QED) is 0.740. The summed E-state index contributed by atoms with van der Waals surface area (Å²) in [5.41, 5.74) is 0.777. The van der Waals surface area contributed by atoms with Crippen LogP contribution in [0.1, 0.15) is 31.1 Å². The van der Waals surface area contributed by atoms with Crippen molar-refractivity contribution in [2.24, 2.45) is 0 Å². The Labute approximate surface area is 110 Å². The molecule has 0 fully saturated rings. The molecule has 0 atom stereocenters. The van der Waals surface area contributed by atoms with E-state index in [1.54, 1.807) is 0 Å². The lowest BCUT2D eigenvalue weighted by molar-refractivity contribution is 0.0747. The minimum Gasteiger partial charge on any atom is -0.338 e. The standard InChI is InChI=1S/C15H24N2O/c1-4-16(5-2)12-13-17(6-3)15(18)14-10-8-7-9-11-14/h7-11H,4-6,12-13H2,1-3H3. The monoisotopic (exact) mass is 248 g/mol. The van der Waals surface area contributed by atoms with Crippen molar-refractivity contribution in [3.05, 3.63) is 35.9 Å². The van der Waals surface area contributed by atoms with E-state index in [-0.39, 0.29) is 5.91 Å². The molecule has 1 aromatic rings. The van der Waals surface area contributed by atoms with E-state index < -0.39 is 0 Å². The predicted octanol–water partition coefficient (Wildman–Crippen LogP) is 2.49. The van der Waals surface area contributed by atoms with Crippen LogP contribution in [-0.2, 0) is 0 Å². The third kappa shape index (κ3) is 4.15. The van der Waals surface area contributed by atoms with Gasteiger partial charge in [-0.2, -0.15) is 0 Å². The molecule has 0 aliphatic rings. The highest BCUT2D eigenvalue weighted by Gasteiger charge is 2.14. The minimum atomic E-state index is 0.130. The van der Waals surface area contributed by atoms with Crippen molar-refractivity contribution in [2.75, 3.05) is 32.7 Å². The maximum atomic E-state index is 12.3. The molecule has 3 nitrogen and oxygen atoms in total. The van der Waals surface area contributed by atoms with Crippen LogP contribution in [0.2, 0.25) is 0 Å². The summed E-state index contributed by atoms with van der Waals surface area (Å²) in [6.45, 7) is 10.9. The normalized spacial score (nSPS) is 10.7. The average molecular weight is 248 g/mol. The largest absolute Gasteiger partial charge is 0.338 e. The van der Waals surface area contributed by atoms with Gasteiger partial charge in [0, 0.05) is 25.2 Å². The smallest absolute Gasteiger partial charge is 0.253 e. The predicted molar refractivity (Wildman–Crippen MR) is 75.8 cm³/mol. The highest BCUT2D eigenvalue weighted by atomic mass is 16.2. The zero-order valence-electron chi connectivity index (χ0n) is 11.7. The fourth-order valence-electron chi connectivity index (χ4n) is 1.97. The van der Waals surface area contributed by atoms with Crippen LogP contribution in [0.15, 0.2) is 30.3 Å². The van der Waals surface area contributed by atoms with Gasteiger partial charge in [0.15, 0.2) is 0 Å². The summed E-state index contributed by atoms with van der Waals surface area (Å²) in [4.78, 5) is 16.5. The lowest BCUT2D eigenvalue weighted by atomic mass is 10.2. The van der Waals surface area contributed by atoms with Crippen LogP contribution >= 0.6 is 0 Å². The molecule has 0 spiro atoms. The molecule has 0 radical (unpaired) electrons. The molecule has 1 rings (SSSR count). The number of nitrogens with zero attached hydrogens (tertiary/aromatic N) is 2. The topological polar surface area (TPSA) is 23.6 Å². The zero-order valence-corrected chi connectivity index (χ0v) is 11.7. The van der Waals surface area contributed by atoms with E-state index in [4.69, 9.17) is 0 Å². The molecule has 0 heterocycles. The molecular formula is C15H24N2O. The van der Waals surface area contributed by atoms with Gasteiger partial charge in [-0.15, -0.1) is 0 Å². The van der Waals surface area contributed by atoms with Gasteiger partial charge in [0.05, 0.1) is 0 Å². The van der Waals surface area contributed by atoms with Gasteiger partial charge >= 0.3 is 0 Å². The second kappa shape index (κ2) is 7.88. The van der Waals surface area contributed by atoms with Crippen LogP contribution < -0.4 is 0 Å². The first kappa shape index (κ1) is 14.7. The fraction of sp³-hybridized carbons (Fsp3) is 0.533. The van der Waals surface area contributed by atoms with Crippen LogP contribution in [0, 0.1) is 0 Å². The van der Waals surface area contributed by atoms with Gasteiger partial charge < -0.3 is 9.80 Å². The first-order valence-electron chi connectivity index (χ1n) is 6.79. The number of rotatable bonds is 7. The van der Waals surface area contributed by atoms with Gasteiger partial charge in [-0.25, -0.2) is 0 Å². The van der Waals surface area contributed by atoms with E-state index >= 15 is 0 Å². The number of hydrogen-bond acceptors (Lipinski definition) is 2. The Kier molecular flexibility index (Phi) is 6.44. The maximum absolute atomic E-state index is 12.3. The summed E-state index contributed by atoms with van der Waals surface area (Å²) >= 11 is 0. The summed E-state index contributed by atoms with van der Waals surface area (Å²) in [7, 11) is 0. The zero-order chi connectivity index (χ0) is 13.4. The van der Waals surface area contributed by atoms with Crippen LogP contribution in [0.25, 0.3) is 0 Å². The van der Waals surface area contributed by atoms with Crippen LogP contribution in [-0.4, -0.2) is 48.4 Å². The number of carbonyl (C=O) groups excluding carboxylic acids is 1. The van der Waals surface area contributed by atoms with Crippen molar-refractivity contribution < 1.29 is 4.79 Å². The van der Waals surface area contributed by atoms with E-state index in [0.717, 1.165) is 38.3 Å². The third-order valence-corrected chi connectivity index (χ3v) is 3.27. The first-order chi connectivity index (χ1) is 8.72. The van der Waals surface area contributed by atoms with Crippen molar-refractivity contribution in [3.63, 3.8) is 0 Å². The number of amides is 1. The van der Waals surface area contributed by atoms with Crippen molar-refractivity contribution in [1.82, 2.24) is 9.80 Å². The number of hydrogen-bond donors (Lipinski definition) is 0. The first-order valence-corrected chi connectivity index (χ1v) is 6.79. The molecular weight excluding hydrogens is 224 g/mol. The molecule has 100 valence electrons. The molecule has 0 saturated carbocycles. The maximum Gasteiger partial charge on any atom is 0.253 e. The van der Waals surface area contributed by atoms with Crippen molar-refractivity contribution in [1.29, 1.82) is 0 Å². The van der Waals surface area contributed by atoms with E-state index in [1.807, 2.05) is 42.2 Å². The van der Waals surface area contributed by atoms with Crippen LogP contribution in [0.5, 0.6) is 0 Å². The molecule has 0 aromatic heterocycles. The van der Waals surface area contributed by atoms with Crippen LogP contribution in [0.4, 0.5) is 0 Å². The number of likely N-dealkylation sites (N-methyl/N-ethyl adjacent to an activating group) is 2. The Morgan fingerprint density at radius 1 is 0.944 bits per heavy atom.